The molecule has 1 heterocycles. The van der Waals surface area contributed by atoms with E-state index in [-0.39, 0.29) is 12.3 Å². The number of hydrogen-bond acceptors (Lipinski definition) is 4. The fourth-order valence-corrected chi connectivity index (χ4v) is 2.94. The summed E-state index contributed by atoms with van der Waals surface area (Å²) >= 11 is 0. The Balaban J connectivity index is 1.94. The number of imidazole rings is 1. The fraction of sp³-hybridized carbons (Fsp3) is 0.524. The molecule has 0 unspecified atom stereocenters. The molecule has 30 heavy (non-hydrogen) atoms. The van der Waals surface area contributed by atoms with Gasteiger partial charge >= 0.3 is 6.61 Å². The molecule has 9 heteroatoms. The molecule has 0 bridgehead atoms. The van der Waals surface area contributed by atoms with Gasteiger partial charge in [0.25, 0.3) is 0 Å². The predicted molar refractivity (Wildman–Crippen MR) is 113 cm³/mol. The van der Waals surface area contributed by atoms with Gasteiger partial charge in [0.2, 0.25) is 0 Å². The standard InChI is InChI=1S/C21H31F2N5O2/c1-4-24-21(26-11-6-7-13-28-14-12-25-16(28)3)27-15-17-9-8-10-18(29-5-2)19(17)30-20(22)23/h8-10,12,14,20H,4-7,11,13,15H2,1-3H3,(H2,24,26,27). The van der Waals surface area contributed by atoms with Crippen molar-refractivity contribution in [1.29, 1.82) is 0 Å². The van der Waals surface area contributed by atoms with E-state index < -0.39 is 6.61 Å². The highest BCUT2D eigenvalue weighted by molar-refractivity contribution is 5.79. The van der Waals surface area contributed by atoms with Crippen molar-refractivity contribution in [2.45, 2.75) is 53.3 Å². The molecule has 0 saturated carbocycles. The lowest BCUT2D eigenvalue weighted by Crippen LogP contribution is -2.37. The van der Waals surface area contributed by atoms with Gasteiger partial charge in [-0.1, -0.05) is 12.1 Å². The van der Waals surface area contributed by atoms with Crippen LogP contribution in [0.3, 0.4) is 0 Å². The smallest absolute Gasteiger partial charge is 0.387 e. The monoisotopic (exact) mass is 423 g/mol. The van der Waals surface area contributed by atoms with Crippen molar-refractivity contribution in [1.82, 2.24) is 20.2 Å². The molecule has 0 saturated heterocycles. The molecule has 0 aliphatic rings. The normalized spacial score (nSPS) is 11.6. The largest absolute Gasteiger partial charge is 0.490 e. The number of aromatic nitrogens is 2. The van der Waals surface area contributed by atoms with Crippen molar-refractivity contribution in [3.63, 3.8) is 0 Å². The van der Waals surface area contributed by atoms with Gasteiger partial charge in [0.1, 0.15) is 5.82 Å². The van der Waals surface area contributed by atoms with Crippen LogP contribution in [0.2, 0.25) is 0 Å². The highest BCUT2D eigenvalue weighted by Gasteiger charge is 2.15. The topological polar surface area (TPSA) is 72.7 Å². The van der Waals surface area contributed by atoms with Crippen LogP contribution in [0.5, 0.6) is 11.5 Å². The van der Waals surface area contributed by atoms with E-state index in [4.69, 9.17) is 9.47 Å². The number of halogens is 2. The van der Waals surface area contributed by atoms with Crippen LogP contribution >= 0.6 is 0 Å². The average Bonchev–Trinajstić information content (AvgIpc) is 3.12. The first-order valence-electron chi connectivity index (χ1n) is 10.2. The summed E-state index contributed by atoms with van der Waals surface area (Å²) in [5.41, 5.74) is 0.536. The number of nitrogens with one attached hydrogen (secondary N) is 2. The van der Waals surface area contributed by atoms with Crippen LogP contribution in [0.1, 0.15) is 38.1 Å². The Kier molecular flexibility index (Phi) is 9.90. The van der Waals surface area contributed by atoms with Gasteiger partial charge in [-0.3, -0.25) is 0 Å². The summed E-state index contributed by atoms with van der Waals surface area (Å²) in [4.78, 5) is 8.73. The van der Waals surface area contributed by atoms with Gasteiger partial charge in [-0.15, -0.1) is 0 Å². The van der Waals surface area contributed by atoms with Crippen molar-refractivity contribution >= 4 is 5.96 Å². The summed E-state index contributed by atoms with van der Waals surface area (Å²) in [6.45, 7) is 5.72. The first-order chi connectivity index (χ1) is 14.5. The zero-order valence-corrected chi connectivity index (χ0v) is 17.8. The van der Waals surface area contributed by atoms with E-state index >= 15 is 0 Å². The number of ether oxygens (including phenoxy) is 2. The van der Waals surface area contributed by atoms with E-state index in [0.29, 0.717) is 30.4 Å². The quantitative estimate of drug-likeness (QED) is 0.309. The zero-order valence-electron chi connectivity index (χ0n) is 17.8. The van der Waals surface area contributed by atoms with E-state index in [9.17, 15) is 8.78 Å². The number of alkyl halides is 2. The number of guanidine groups is 1. The Morgan fingerprint density at radius 2 is 2.07 bits per heavy atom. The van der Waals surface area contributed by atoms with Crippen LogP contribution < -0.4 is 20.1 Å². The Labute approximate surface area is 176 Å². The fourth-order valence-electron chi connectivity index (χ4n) is 2.94. The number of aryl methyl sites for hydroxylation is 2. The Morgan fingerprint density at radius 3 is 2.73 bits per heavy atom. The maximum atomic E-state index is 12.9. The molecular formula is C21H31F2N5O2. The molecule has 0 spiro atoms. The predicted octanol–water partition coefficient (Wildman–Crippen LogP) is 3.73. The van der Waals surface area contributed by atoms with Crippen molar-refractivity contribution in [2.75, 3.05) is 19.7 Å². The molecular weight excluding hydrogens is 392 g/mol. The molecule has 0 radical (unpaired) electrons. The highest BCUT2D eigenvalue weighted by Crippen LogP contribution is 2.33. The second kappa shape index (κ2) is 12.7. The van der Waals surface area contributed by atoms with Gasteiger partial charge in [0, 0.05) is 37.6 Å². The summed E-state index contributed by atoms with van der Waals surface area (Å²) in [5, 5.41) is 6.45. The lowest BCUT2D eigenvalue weighted by Gasteiger charge is -2.15. The number of unbranched alkanes of at least 4 members (excludes halogenated alkanes) is 1. The summed E-state index contributed by atoms with van der Waals surface area (Å²) in [5.74, 6) is 1.96. The summed E-state index contributed by atoms with van der Waals surface area (Å²) in [7, 11) is 0. The molecule has 0 amide bonds. The molecule has 7 nitrogen and oxygen atoms in total. The molecule has 2 rings (SSSR count). The number of aliphatic imine (C=N–C) groups is 1. The van der Waals surface area contributed by atoms with Gasteiger partial charge in [-0.25, -0.2) is 9.98 Å². The molecule has 0 aliphatic heterocycles. The number of hydrogen-bond donors (Lipinski definition) is 2. The average molecular weight is 424 g/mol. The first-order valence-corrected chi connectivity index (χ1v) is 10.2. The van der Waals surface area contributed by atoms with E-state index in [2.05, 4.69) is 25.2 Å². The van der Waals surface area contributed by atoms with Gasteiger partial charge in [-0.05, 0) is 39.7 Å². The first kappa shape index (κ1) is 23.4. The SMILES string of the molecule is CCNC(=NCc1cccc(OCC)c1OC(F)F)NCCCCn1ccnc1C. The third kappa shape index (κ3) is 7.53. The van der Waals surface area contributed by atoms with Gasteiger partial charge < -0.3 is 24.7 Å². The van der Waals surface area contributed by atoms with Crippen LogP contribution in [-0.2, 0) is 13.1 Å². The Hall–Kier alpha value is -2.84. The number of para-hydroxylation sites is 1. The Morgan fingerprint density at radius 1 is 1.23 bits per heavy atom. The summed E-state index contributed by atoms with van der Waals surface area (Å²) < 4.78 is 38.0. The molecule has 0 aliphatic carbocycles. The minimum absolute atomic E-state index is 0.0321. The van der Waals surface area contributed by atoms with Gasteiger partial charge in [0.05, 0.1) is 13.2 Å². The number of rotatable bonds is 12. The third-order valence-electron chi connectivity index (χ3n) is 4.36. The maximum Gasteiger partial charge on any atom is 0.387 e. The van der Waals surface area contributed by atoms with E-state index in [1.807, 2.05) is 20.0 Å². The minimum atomic E-state index is -2.93. The van der Waals surface area contributed by atoms with Crippen molar-refractivity contribution < 1.29 is 18.3 Å². The second-order valence-corrected chi connectivity index (χ2v) is 6.55. The van der Waals surface area contributed by atoms with Crippen LogP contribution in [0.4, 0.5) is 8.78 Å². The molecule has 0 fully saturated rings. The summed E-state index contributed by atoms with van der Waals surface area (Å²) in [6, 6.07) is 5.06. The number of nitrogens with zero attached hydrogens (tertiary/aromatic N) is 3. The van der Waals surface area contributed by atoms with E-state index in [0.717, 1.165) is 31.8 Å². The van der Waals surface area contributed by atoms with E-state index in [1.165, 1.54) is 0 Å². The van der Waals surface area contributed by atoms with Gasteiger partial charge in [0.15, 0.2) is 17.5 Å². The lowest BCUT2D eigenvalue weighted by molar-refractivity contribution is -0.0520. The molecule has 1 aromatic carbocycles. The zero-order chi connectivity index (χ0) is 21.8. The van der Waals surface area contributed by atoms with Crippen molar-refractivity contribution in [3.8, 4) is 11.5 Å². The van der Waals surface area contributed by atoms with Crippen LogP contribution in [0.25, 0.3) is 0 Å². The highest BCUT2D eigenvalue weighted by atomic mass is 19.3. The van der Waals surface area contributed by atoms with Crippen molar-refractivity contribution in [3.05, 3.63) is 42.0 Å². The molecule has 0 atom stereocenters. The molecule has 2 N–H and O–H groups in total. The maximum absolute atomic E-state index is 12.9. The lowest BCUT2D eigenvalue weighted by atomic mass is 10.2. The third-order valence-corrected chi connectivity index (χ3v) is 4.36. The second-order valence-electron chi connectivity index (χ2n) is 6.55. The molecule has 2 aromatic rings. The Bertz CT molecular complexity index is 795. The van der Waals surface area contributed by atoms with Crippen LogP contribution in [0.15, 0.2) is 35.6 Å². The van der Waals surface area contributed by atoms with Crippen molar-refractivity contribution in [2.24, 2.45) is 4.99 Å². The summed E-state index contributed by atoms with van der Waals surface area (Å²) in [6.07, 6.45) is 5.74. The number of benzene rings is 1. The molecule has 1 aromatic heterocycles. The molecule has 166 valence electrons. The van der Waals surface area contributed by atoms with Gasteiger partial charge in [-0.2, -0.15) is 8.78 Å². The van der Waals surface area contributed by atoms with Crippen LogP contribution in [0, 0.1) is 6.92 Å². The minimum Gasteiger partial charge on any atom is -0.490 e. The van der Waals surface area contributed by atoms with Crippen LogP contribution in [-0.4, -0.2) is 41.8 Å². The van der Waals surface area contributed by atoms with E-state index in [1.54, 1.807) is 31.3 Å².